The van der Waals surface area contributed by atoms with Crippen molar-refractivity contribution in [1.82, 2.24) is 10.2 Å². The van der Waals surface area contributed by atoms with E-state index in [0.717, 1.165) is 22.1 Å². The third kappa shape index (κ3) is 5.97. The van der Waals surface area contributed by atoms with Crippen molar-refractivity contribution >= 4 is 23.4 Å². The van der Waals surface area contributed by atoms with E-state index in [2.05, 4.69) is 10.6 Å². The molecule has 0 spiro atoms. The van der Waals surface area contributed by atoms with Crippen LogP contribution in [0.4, 0.5) is 18.9 Å². The lowest BCUT2D eigenvalue weighted by Gasteiger charge is -2.17. The molecule has 2 N–H and O–H groups in total. The van der Waals surface area contributed by atoms with Crippen LogP contribution < -0.4 is 10.6 Å². The predicted octanol–water partition coefficient (Wildman–Crippen LogP) is 3.60. The first kappa shape index (κ1) is 23.5. The first-order valence-corrected chi connectivity index (χ1v) is 9.87. The van der Waals surface area contributed by atoms with E-state index in [-0.39, 0.29) is 6.54 Å². The van der Waals surface area contributed by atoms with Crippen LogP contribution in [0.2, 0.25) is 0 Å². The van der Waals surface area contributed by atoms with Gasteiger partial charge in [-0.25, -0.2) is 13.2 Å². The van der Waals surface area contributed by atoms with Crippen LogP contribution in [0.5, 0.6) is 0 Å². The predicted molar refractivity (Wildman–Crippen MR) is 117 cm³/mol. The van der Waals surface area contributed by atoms with Gasteiger partial charge in [0.25, 0.3) is 5.91 Å². The number of halogens is 3. The molecular formula is C24H20F3N3O3. The zero-order chi connectivity index (χ0) is 24.0. The zero-order valence-electron chi connectivity index (χ0n) is 17.6. The molecule has 33 heavy (non-hydrogen) atoms. The fourth-order valence-corrected chi connectivity index (χ4v) is 2.95. The molecule has 3 aromatic carbocycles. The minimum absolute atomic E-state index is 0.358. The molecule has 170 valence electrons. The van der Waals surface area contributed by atoms with Gasteiger partial charge < -0.3 is 15.5 Å². The van der Waals surface area contributed by atoms with E-state index in [4.69, 9.17) is 0 Å². The lowest BCUT2D eigenvalue weighted by molar-refractivity contribution is -0.132. The van der Waals surface area contributed by atoms with E-state index in [1.807, 2.05) is 30.3 Å². The first-order valence-electron chi connectivity index (χ1n) is 9.87. The van der Waals surface area contributed by atoms with Crippen molar-refractivity contribution < 1.29 is 27.6 Å². The standard InChI is InChI=1S/C24H20F3N3O3/c1-30(14-20(31)29-19-12-11-18(25)22(26)23(19)27)21(32)13-28-24(33)17-9-7-16(8-10-17)15-5-3-2-4-6-15/h2-12H,13-14H2,1H3,(H,28,33)(H,29,31). The molecule has 6 nitrogen and oxygen atoms in total. The van der Waals surface area contributed by atoms with E-state index in [0.29, 0.717) is 11.6 Å². The Morgan fingerprint density at radius 1 is 0.818 bits per heavy atom. The molecule has 0 aromatic heterocycles. The van der Waals surface area contributed by atoms with E-state index < -0.39 is 47.4 Å². The van der Waals surface area contributed by atoms with Crippen LogP contribution in [0.25, 0.3) is 11.1 Å². The van der Waals surface area contributed by atoms with Gasteiger partial charge in [-0.2, -0.15) is 0 Å². The van der Waals surface area contributed by atoms with Crippen LogP contribution in [0.1, 0.15) is 10.4 Å². The van der Waals surface area contributed by atoms with Gasteiger partial charge in [0.1, 0.15) is 0 Å². The molecule has 0 unspecified atom stereocenters. The third-order valence-electron chi connectivity index (χ3n) is 4.77. The van der Waals surface area contributed by atoms with Gasteiger partial charge in [-0.15, -0.1) is 0 Å². The summed E-state index contributed by atoms with van der Waals surface area (Å²) < 4.78 is 39.9. The molecule has 3 rings (SSSR count). The number of amides is 3. The van der Waals surface area contributed by atoms with Gasteiger partial charge in [-0.3, -0.25) is 14.4 Å². The van der Waals surface area contributed by atoms with E-state index in [1.165, 1.54) is 7.05 Å². The van der Waals surface area contributed by atoms with Crippen molar-refractivity contribution in [2.24, 2.45) is 0 Å². The normalized spacial score (nSPS) is 10.4. The number of hydrogen-bond acceptors (Lipinski definition) is 3. The highest BCUT2D eigenvalue weighted by atomic mass is 19.2. The fraction of sp³-hybridized carbons (Fsp3) is 0.125. The summed E-state index contributed by atoms with van der Waals surface area (Å²) >= 11 is 0. The molecule has 0 saturated carbocycles. The molecule has 3 aromatic rings. The highest BCUT2D eigenvalue weighted by molar-refractivity contribution is 5.98. The molecule has 0 saturated heterocycles. The highest BCUT2D eigenvalue weighted by Gasteiger charge is 2.18. The third-order valence-corrected chi connectivity index (χ3v) is 4.77. The van der Waals surface area contributed by atoms with Gasteiger partial charge >= 0.3 is 0 Å². The number of nitrogens with zero attached hydrogens (tertiary/aromatic N) is 1. The Hall–Kier alpha value is -4.14. The van der Waals surface area contributed by atoms with Gasteiger partial charge in [0, 0.05) is 12.6 Å². The van der Waals surface area contributed by atoms with E-state index >= 15 is 0 Å². The number of anilines is 1. The minimum Gasteiger partial charge on any atom is -0.343 e. The summed E-state index contributed by atoms with van der Waals surface area (Å²) in [5.41, 5.74) is 1.75. The minimum atomic E-state index is -1.71. The lowest BCUT2D eigenvalue weighted by atomic mass is 10.0. The van der Waals surface area contributed by atoms with Crippen LogP contribution in [0, 0.1) is 17.5 Å². The number of carbonyl (C=O) groups is 3. The van der Waals surface area contributed by atoms with Gasteiger partial charge in [0.15, 0.2) is 17.5 Å². The lowest BCUT2D eigenvalue weighted by Crippen LogP contribution is -2.41. The number of hydrogen-bond donors (Lipinski definition) is 2. The number of likely N-dealkylation sites (N-methyl/N-ethyl adjacent to an activating group) is 1. The van der Waals surface area contributed by atoms with E-state index in [9.17, 15) is 27.6 Å². The van der Waals surface area contributed by atoms with Crippen LogP contribution in [-0.2, 0) is 9.59 Å². The summed E-state index contributed by atoms with van der Waals surface area (Å²) in [4.78, 5) is 37.5. The van der Waals surface area contributed by atoms with Crippen molar-refractivity contribution in [3.05, 3.63) is 89.7 Å². The second-order valence-corrected chi connectivity index (χ2v) is 7.15. The highest BCUT2D eigenvalue weighted by Crippen LogP contribution is 2.20. The second kappa shape index (κ2) is 10.4. The molecule has 0 aliphatic heterocycles. The molecule has 3 amide bonds. The molecule has 0 atom stereocenters. The molecule has 0 aliphatic rings. The van der Waals surface area contributed by atoms with Crippen LogP contribution in [0.15, 0.2) is 66.7 Å². The molecule has 0 aliphatic carbocycles. The van der Waals surface area contributed by atoms with Crippen molar-refractivity contribution in [3.63, 3.8) is 0 Å². The van der Waals surface area contributed by atoms with Crippen molar-refractivity contribution in [1.29, 1.82) is 0 Å². The van der Waals surface area contributed by atoms with Crippen molar-refractivity contribution in [2.45, 2.75) is 0 Å². The monoisotopic (exact) mass is 455 g/mol. The maximum Gasteiger partial charge on any atom is 0.251 e. The fourth-order valence-electron chi connectivity index (χ4n) is 2.95. The quantitative estimate of drug-likeness (QED) is 0.535. The molecule has 0 radical (unpaired) electrons. The van der Waals surface area contributed by atoms with Crippen molar-refractivity contribution in [3.8, 4) is 11.1 Å². The van der Waals surface area contributed by atoms with Gasteiger partial charge in [0.05, 0.1) is 18.8 Å². The largest absolute Gasteiger partial charge is 0.343 e. The van der Waals surface area contributed by atoms with Gasteiger partial charge in [-0.1, -0.05) is 42.5 Å². The zero-order valence-corrected chi connectivity index (χ0v) is 17.6. The summed E-state index contributed by atoms with van der Waals surface area (Å²) in [6.45, 7) is -0.860. The van der Waals surface area contributed by atoms with Crippen LogP contribution in [0.3, 0.4) is 0 Å². The Labute approximate surface area is 188 Å². The van der Waals surface area contributed by atoms with Crippen LogP contribution in [-0.4, -0.2) is 42.8 Å². The molecular weight excluding hydrogens is 435 g/mol. The molecule has 0 fully saturated rings. The number of carbonyl (C=O) groups excluding carboxylic acids is 3. The smallest absolute Gasteiger partial charge is 0.251 e. The maximum absolute atomic E-state index is 13.7. The molecule has 0 heterocycles. The first-order chi connectivity index (χ1) is 15.8. The molecule has 0 bridgehead atoms. The Balaban J connectivity index is 1.50. The average Bonchev–Trinajstić information content (AvgIpc) is 2.83. The number of rotatable bonds is 7. The second-order valence-electron chi connectivity index (χ2n) is 7.15. The maximum atomic E-state index is 13.7. The van der Waals surface area contributed by atoms with Gasteiger partial charge in [0.2, 0.25) is 11.8 Å². The summed E-state index contributed by atoms with van der Waals surface area (Å²) in [6, 6.07) is 18.0. The summed E-state index contributed by atoms with van der Waals surface area (Å²) in [5, 5.41) is 4.54. The topological polar surface area (TPSA) is 78.5 Å². The average molecular weight is 455 g/mol. The van der Waals surface area contributed by atoms with Crippen molar-refractivity contribution in [2.75, 3.05) is 25.5 Å². The number of benzene rings is 3. The Morgan fingerprint density at radius 3 is 2.12 bits per heavy atom. The summed E-state index contributed by atoms with van der Waals surface area (Å²) in [7, 11) is 1.31. The Morgan fingerprint density at radius 2 is 1.45 bits per heavy atom. The Bertz CT molecular complexity index is 1170. The summed E-state index contributed by atoms with van der Waals surface area (Å²) in [6.07, 6.45) is 0. The molecule has 9 heteroatoms. The number of nitrogens with one attached hydrogen (secondary N) is 2. The Kier molecular flexibility index (Phi) is 7.45. The van der Waals surface area contributed by atoms with Gasteiger partial charge in [-0.05, 0) is 35.4 Å². The van der Waals surface area contributed by atoms with E-state index in [1.54, 1.807) is 24.3 Å². The summed E-state index contributed by atoms with van der Waals surface area (Å²) in [5.74, 6) is -6.50. The van der Waals surface area contributed by atoms with Crippen LogP contribution >= 0.6 is 0 Å². The SMILES string of the molecule is CN(CC(=O)Nc1ccc(F)c(F)c1F)C(=O)CNC(=O)c1ccc(-c2ccccc2)cc1.